The van der Waals surface area contributed by atoms with Crippen LogP contribution in [-0.2, 0) is 0 Å². The van der Waals surface area contributed by atoms with E-state index in [1.165, 1.54) is 12.1 Å². The fourth-order valence-corrected chi connectivity index (χ4v) is 1.22. The van der Waals surface area contributed by atoms with Crippen LogP contribution in [0.4, 0.5) is 4.39 Å². The van der Waals surface area contributed by atoms with Crippen molar-refractivity contribution in [2.45, 2.75) is 19.4 Å². The summed E-state index contributed by atoms with van der Waals surface area (Å²) in [6.45, 7) is 1.85. The zero-order valence-electron chi connectivity index (χ0n) is 7.42. The zero-order chi connectivity index (χ0) is 9.84. The van der Waals surface area contributed by atoms with Crippen molar-refractivity contribution in [3.8, 4) is 6.07 Å². The van der Waals surface area contributed by atoms with Gasteiger partial charge >= 0.3 is 0 Å². The topological polar surface area (TPSA) is 49.8 Å². The molecule has 2 nitrogen and oxygen atoms in total. The van der Waals surface area contributed by atoms with Gasteiger partial charge in [-0.3, -0.25) is 0 Å². The van der Waals surface area contributed by atoms with Gasteiger partial charge in [0.1, 0.15) is 5.82 Å². The van der Waals surface area contributed by atoms with Gasteiger partial charge in [-0.1, -0.05) is 6.07 Å². The Hall–Kier alpha value is -1.40. The SMILES string of the molecule is Cc1ccc(F)cc1[C@H](N)CC#N. The highest BCUT2D eigenvalue weighted by Gasteiger charge is 2.08. The van der Waals surface area contributed by atoms with E-state index in [2.05, 4.69) is 0 Å². The van der Waals surface area contributed by atoms with Crippen LogP contribution in [0.3, 0.4) is 0 Å². The minimum Gasteiger partial charge on any atom is -0.323 e. The maximum Gasteiger partial charge on any atom is 0.123 e. The maximum absolute atomic E-state index is 12.8. The molecule has 0 aliphatic carbocycles. The standard InChI is InChI=1S/C10H11FN2/c1-7-2-3-8(11)6-9(7)10(13)4-5-12/h2-3,6,10H,4,13H2,1H3/t10-/m1/s1. The Bertz CT molecular complexity index is 341. The van der Waals surface area contributed by atoms with Crippen LogP contribution in [-0.4, -0.2) is 0 Å². The molecule has 2 N–H and O–H groups in total. The van der Waals surface area contributed by atoms with Crippen molar-refractivity contribution in [1.29, 1.82) is 5.26 Å². The average Bonchev–Trinajstić information content (AvgIpc) is 2.09. The Morgan fingerprint density at radius 1 is 1.62 bits per heavy atom. The molecule has 0 heterocycles. The number of nitrogens with two attached hydrogens (primary N) is 1. The number of aryl methyl sites for hydroxylation is 1. The van der Waals surface area contributed by atoms with Gasteiger partial charge in [0.05, 0.1) is 12.5 Å². The zero-order valence-corrected chi connectivity index (χ0v) is 7.42. The van der Waals surface area contributed by atoms with Crippen LogP contribution in [0.25, 0.3) is 0 Å². The molecule has 0 aliphatic heterocycles. The van der Waals surface area contributed by atoms with E-state index in [9.17, 15) is 4.39 Å². The van der Waals surface area contributed by atoms with Crippen LogP contribution in [0.15, 0.2) is 18.2 Å². The highest BCUT2D eigenvalue weighted by Crippen LogP contribution is 2.18. The summed E-state index contributed by atoms with van der Waals surface area (Å²) in [5, 5.41) is 8.43. The molecule has 0 amide bonds. The van der Waals surface area contributed by atoms with Crippen LogP contribution in [0.2, 0.25) is 0 Å². The van der Waals surface area contributed by atoms with E-state index in [1.54, 1.807) is 6.07 Å². The van der Waals surface area contributed by atoms with Crippen molar-refractivity contribution in [2.75, 3.05) is 0 Å². The van der Waals surface area contributed by atoms with Gasteiger partial charge in [-0.15, -0.1) is 0 Å². The summed E-state index contributed by atoms with van der Waals surface area (Å²) in [4.78, 5) is 0. The van der Waals surface area contributed by atoms with E-state index in [0.717, 1.165) is 5.56 Å². The number of hydrogen-bond donors (Lipinski definition) is 1. The molecular weight excluding hydrogens is 167 g/mol. The number of halogens is 1. The van der Waals surface area contributed by atoms with E-state index < -0.39 is 0 Å². The number of rotatable bonds is 2. The summed E-state index contributed by atoms with van der Waals surface area (Å²) in [6.07, 6.45) is 0.213. The molecule has 0 fully saturated rings. The summed E-state index contributed by atoms with van der Waals surface area (Å²) in [6, 6.07) is 6.02. The first-order chi connectivity index (χ1) is 6.15. The Labute approximate surface area is 76.8 Å². The van der Waals surface area contributed by atoms with Gasteiger partial charge in [-0.2, -0.15) is 5.26 Å². The van der Waals surface area contributed by atoms with Crippen molar-refractivity contribution in [2.24, 2.45) is 5.73 Å². The Morgan fingerprint density at radius 3 is 2.92 bits per heavy atom. The lowest BCUT2D eigenvalue weighted by Crippen LogP contribution is -2.11. The molecule has 0 radical (unpaired) electrons. The van der Waals surface area contributed by atoms with Crippen LogP contribution < -0.4 is 5.73 Å². The second-order valence-corrected chi connectivity index (χ2v) is 2.97. The first kappa shape index (κ1) is 9.69. The van der Waals surface area contributed by atoms with Gasteiger partial charge in [0.2, 0.25) is 0 Å². The van der Waals surface area contributed by atoms with Crippen LogP contribution in [0, 0.1) is 24.1 Å². The van der Waals surface area contributed by atoms with Gasteiger partial charge < -0.3 is 5.73 Å². The van der Waals surface area contributed by atoms with Crippen LogP contribution in [0.5, 0.6) is 0 Å². The lowest BCUT2D eigenvalue weighted by molar-refractivity contribution is 0.619. The van der Waals surface area contributed by atoms with E-state index in [-0.39, 0.29) is 18.3 Å². The van der Waals surface area contributed by atoms with Gasteiger partial charge in [-0.05, 0) is 30.2 Å². The monoisotopic (exact) mass is 178 g/mol. The molecule has 1 atom stereocenters. The van der Waals surface area contributed by atoms with Crippen LogP contribution >= 0.6 is 0 Å². The van der Waals surface area contributed by atoms with Crippen molar-refractivity contribution in [1.82, 2.24) is 0 Å². The van der Waals surface area contributed by atoms with Gasteiger partial charge in [0.25, 0.3) is 0 Å². The van der Waals surface area contributed by atoms with E-state index >= 15 is 0 Å². The summed E-state index contributed by atoms with van der Waals surface area (Å²) >= 11 is 0. The van der Waals surface area contributed by atoms with Gasteiger partial charge in [0.15, 0.2) is 0 Å². The predicted molar refractivity (Wildman–Crippen MR) is 48.3 cm³/mol. The second-order valence-electron chi connectivity index (χ2n) is 2.97. The third-order valence-electron chi connectivity index (χ3n) is 1.95. The van der Waals surface area contributed by atoms with E-state index in [1.807, 2.05) is 13.0 Å². The van der Waals surface area contributed by atoms with Gasteiger partial charge in [-0.25, -0.2) is 4.39 Å². The highest BCUT2D eigenvalue weighted by atomic mass is 19.1. The summed E-state index contributed by atoms with van der Waals surface area (Å²) in [5.74, 6) is -0.311. The molecule has 0 aromatic heterocycles. The number of nitriles is 1. The quantitative estimate of drug-likeness (QED) is 0.753. The molecule has 0 spiro atoms. The molecule has 0 saturated carbocycles. The normalized spacial score (nSPS) is 12.2. The Morgan fingerprint density at radius 2 is 2.31 bits per heavy atom. The Kier molecular flexibility index (Phi) is 2.99. The number of nitrogens with zero attached hydrogens (tertiary/aromatic N) is 1. The predicted octanol–water partition coefficient (Wildman–Crippen LogP) is 2.05. The van der Waals surface area contributed by atoms with Crippen molar-refractivity contribution in [3.05, 3.63) is 35.1 Å². The summed E-state index contributed by atoms with van der Waals surface area (Å²) in [7, 11) is 0. The third kappa shape index (κ3) is 2.27. The number of hydrogen-bond acceptors (Lipinski definition) is 2. The minimum atomic E-state index is -0.388. The minimum absolute atomic E-state index is 0.213. The highest BCUT2D eigenvalue weighted by molar-refractivity contribution is 5.29. The first-order valence-electron chi connectivity index (χ1n) is 4.03. The van der Waals surface area contributed by atoms with Gasteiger partial charge in [0, 0.05) is 6.04 Å². The summed E-state index contributed by atoms with van der Waals surface area (Å²) < 4.78 is 12.8. The van der Waals surface area contributed by atoms with Crippen molar-refractivity contribution >= 4 is 0 Å². The molecule has 1 aromatic rings. The summed E-state index contributed by atoms with van der Waals surface area (Å²) in [5.41, 5.74) is 7.32. The molecule has 0 saturated heterocycles. The van der Waals surface area contributed by atoms with E-state index in [0.29, 0.717) is 5.56 Å². The van der Waals surface area contributed by atoms with Crippen LogP contribution in [0.1, 0.15) is 23.6 Å². The second kappa shape index (κ2) is 4.01. The first-order valence-corrected chi connectivity index (χ1v) is 4.03. The molecule has 0 unspecified atom stereocenters. The lowest BCUT2D eigenvalue weighted by Gasteiger charge is -2.10. The average molecular weight is 178 g/mol. The smallest absolute Gasteiger partial charge is 0.123 e. The van der Waals surface area contributed by atoms with Crippen molar-refractivity contribution < 1.29 is 4.39 Å². The molecule has 0 bridgehead atoms. The molecule has 13 heavy (non-hydrogen) atoms. The van der Waals surface area contributed by atoms with E-state index in [4.69, 9.17) is 11.0 Å². The Balaban J connectivity index is 3.00. The fraction of sp³-hybridized carbons (Fsp3) is 0.300. The molecule has 0 aliphatic rings. The third-order valence-corrected chi connectivity index (χ3v) is 1.95. The maximum atomic E-state index is 12.8. The largest absolute Gasteiger partial charge is 0.323 e. The molecule has 68 valence electrons. The molecular formula is C10H11FN2. The molecule has 3 heteroatoms. The molecule has 1 rings (SSSR count). The molecule has 1 aromatic carbocycles. The lowest BCUT2D eigenvalue weighted by atomic mass is 10.00. The fourth-order valence-electron chi connectivity index (χ4n) is 1.22. The number of benzene rings is 1. The van der Waals surface area contributed by atoms with Crippen molar-refractivity contribution in [3.63, 3.8) is 0 Å².